The molecule has 1 saturated heterocycles. The number of carbonyl (C=O) groups excluding carboxylic acids is 2. The van der Waals surface area contributed by atoms with Crippen molar-refractivity contribution in [2.45, 2.75) is 19.4 Å². The zero-order valence-electron chi connectivity index (χ0n) is 14.4. The van der Waals surface area contributed by atoms with Gasteiger partial charge in [-0.25, -0.2) is 0 Å². The molecule has 0 saturated carbocycles. The smallest absolute Gasteiger partial charge is 0.257 e. The van der Waals surface area contributed by atoms with Crippen molar-refractivity contribution in [2.24, 2.45) is 11.7 Å². The van der Waals surface area contributed by atoms with Gasteiger partial charge in [0.2, 0.25) is 0 Å². The van der Waals surface area contributed by atoms with Crippen LogP contribution in [0.15, 0.2) is 18.2 Å². The summed E-state index contributed by atoms with van der Waals surface area (Å²) in [5.41, 5.74) is 6.26. The van der Waals surface area contributed by atoms with E-state index in [4.69, 9.17) is 15.2 Å². The Balaban J connectivity index is 2.13. The molecule has 0 aliphatic carbocycles. The van der Waals surface area contributed by atoms with E-state index in [-0.39, 0.29) is 24.5 Å². The molecule has 1 aromatic rings. The molecular formula is C17H25N3O4. The molecule has 1 heterocycles. The van der Waals surface area contributed by atoms with Crippen LogP contribution in [-0.4, -0.2) is 56.6 Å². The fourth-order valence-corrected chi connectivity index (χ4v) is 2.90. The van der Waals surface area contributed by atoms with Crippen LogP contribution in [0, 0.1) is 5.92 Å². The molecule has 0 spiro atoms. The Morgan fingerprint density at radius 2 is 2.12 bits per heavy atom. The number of carbonyl (C=O) groups is 2. The summed E-state index contributed by atoms with van der Waals surface area (Å²) in [6, 6.07) is 5.15. The number of hydrogen-bond donors (Lipinski definition) is 2. The highest BCUT2D eigenvalue weighted by atomic mass is 16.5. The highest BCUT2D eigenvalue weighted by molar-refractivity contribution is 5.95. The first-order valence-electron chi connectivity index (χ1n) is 8.02. The van der Waals surface area contributed by atoms with Crippen molar-refractivity contribution in [3.8, 4) is 11.5 Å². The van der Waals surface area contributed by atoms with Crippen LogP contribution in [0.25, 0.3) is 0 Å². The van der Waals surface area contributed by atoms with E-state index < -0.39 is 0 Å². The molecule has 1 fully saturated rings. The van der Waals surface area contributed by atoms with E-state index in [1.807, 2.05) is 11.8 Å². The molecule has 3 N–H and O–H groups in total. The maximum atomic E-state index is 12.7. The van der Waals surface area contributed by atoms with Crippen LogP contribution >= 0.6 is 0 Å². The standard InChI is InChI=1S/C17H25N3O4/c1-11-6-12(8-18)9-20(11)17(22)13-4-5-14(15(7-13)23-3)24-10-16(21)19-2/h4-5,7,11-12H,6,8-10,18H2,1-3H3,(H,19,21). The van der Waals surface area contributed by atoms with Gasteiger partial charge in [0.25, 0.3) is 11.8 Å². The molecule has 0 radical (unpaired) electrons. The highest BCUT2D eigenvalue weighted by Gasteiger charge is 2.32. The molecular weight excluding hydrogens is 310 g/mol. The Labute approximate surface area is 142 Å². The van der Waals surface area contributed by atoms with Gasteiger partial charge in [0, 0.05) is 25.2 Å². The Morgan fingerprint density at radius 3 is 2.71 bits per heavy atom. The van der Waals surface area contributed by atoms with Crippen molar-refractivity contribution in [1.82, 2.24) is 10.2 Å². The van der Waals surface area contributed by atoms with Crippen LogP contribution in [0.5, 0.6) is 11.5 Å². The number of rotatable bonds is 6. The Morgan fingerprint density at radius 1 is 1.38 bits per heavy atom. The summed E-state index contributed by atoms with van der Waals surface area (Å²) in [6.07, 6.45) is 0.923. The summed E-state index contributed by atoms with van der Waals surface area (Å²) in [5, 5.41) is 2.48. The largest absolute Gasteiger partial charge is 0.493 e. The predicted octanol–water partition coefficient (Wildman–Crippen LogP) is 0.629. The summed E-state index contributed by atoms with van der Waals surface area (Å²) < 4.78 is 10.7. The zero-order valence-corrected chi connectivity index (χ0v) is 14.4. The molecule has 24 heavy (non-hydrogen) atoms. The number of nitrogens with one attached hydrogen (secondary N) is 1. The third-order valence-corrected chi connectivity index (χ3v) is 4.30. The second kappa shape index (κ2) is 8.01. The Kier molecular flexibility index (Phi) is 6.03. The van der Waals surface area contributed by atoms with Crippen LogP contribution < -0.4 is 20.5 Å². The minimum atomic E-state index is -0.240. The first-order valence-corrected chi connectivity index (χ1v) is 8.02. The summed E-state index contributed by atoms with van der Waals surface area (Å²) in [6.45, 7) is 3.19. The lowest BCUT2D eigenvalue weighted by molar-refractivity contribution is -0.122. The third kappa shape index (κ3) is 3.97. The number of likely N-dealkylation sites (N-methyl/N-ethyl adjacent to an activating group) is 1. The van der Waals surface area contributed by atoms with Crippen molar-refractivity contribution in [3.05, 3.63) is 23.8 Å². The number of benzene rings is 1. The molecule has 2 unspecified atom stereocenters. The number of hydrogen-bond acceptors (Lipinski definition) is 5. The summed E-state index contributed by atoms with van der Waals surface area (Å²) in [7, 11) is 3.04. The van der Waals surface area contributed by atoms with E-state index >= 15 is 0 Å². The van der Waals surface area contributed by atoms with E-state index in [1.54, 1.807) is 18.2 Å². The normalized spacial score (nSPS) is 19.9. The van der Waals surface area contributed by atoms with Gasteiger partial charge in [0.1, 0.15) is 0 Å². The maximum absolute atomic E-state index is 12.7. The maximum Gasteiger partial charge on any atom is 0.257 e. The van der Waals surface area contributed by atoms with Crippen molar-refractivity contribution in [3.63, 3.8) is 0 Å². The lowest BCUT2D eigenvalue weighted by atomic mass is 10.1. The van der Waals surface area contributed by atoms with Crippen LogP contribution in [0.4, 0.5) is 0 Å². The fraction of sp³-hybridized carbons (Fsp3) is 0.529. The summed E-state index contributed by atoms with van der Waals surface area (Å²) in [5.74, 6) is 0.908. The number of ether oxygens (including phenoxy) is 2. The molecule has 2 amide bonds. The van der Waals surface area contributed by atoms with Crippen LogP contribution in [-0.2, 0) is 4.79 Å². The van der Waals surface area contributed by atoms with E-state index in [1.165, 1.54) is 14.2 Å². The molecule has 2 rings (SSSR count). The predicted molar refractivity (Wildman–Crippen MR) is 90.2 cm³/mol. The van der Waals surface area contributed by atoms with E-state index in [2.05, 4.69) is 5.32 Å². The second-order valence-corrected chi connectivity index (χ2v) is 5.97. The first kappa shape index (κ1) is 18.1. The summed E-state index contributed by atoms with van der Waals surface area (Å²) >= 11 is 0. The number of methoxy groups -OCH3 is 1. The minimum Gasteiger partial charge on any atom is -0.493 e. The van der Waals surface area contributed by atoms with Crippen LogP contribution in [0.1, 0.15) is 23.7 Å². The van der Waals surface area contributed by atoms with Gasteiger partial charge in [-0.15, -0.1) is 0 Å². The molecule has 132 valence electrons. The molecule has 0 bridgehead atoms. The number of nitrogens with zero attached hydrogens (tertiary/aromatic N) is 1. The van der Waals surface area contributed by atoms with E-state index in [9.17, 15) is 9.59 Å². The molecule has 2 atom stereocenters. The third-order valence-electron chi connectivity index (χ3n) is 4.30. The average molecular weight is 335 g/mol. The molecule has 7 nitrogen and oxygen atoms in total. The monoisotopic (exact) mass is 335 g/mol. The van der Waals surface area contributed by atoms with E-state index in [0.29, 0.717) is 36.1 Å². The van der Waals surface area contributed by atoms with E-state index in [0.717, 1.165) is 6.42 Å². The Bertz CT molecular complexity index is 605. The molecule has 0 aromatic heterocycles. The topological polar surface area (TPSA) is 93.9 Å². The Hall–Kier alpha value is -2.28. The molecule has 1 aromatic carbocycles. The molecule has 1 aliphatic rings. The van der Waals surface area contributed by atoms with Gasteiger partial charge in [0.05, 0.1) is 7.11 Å². The lowest BCUT2D eigenvalue weighted by Gasteiger charge is -2.22. The summed E-state index contributed by atoms with van der Waals surface area (Å²) in [4.78, 5) is 25.9. The molecule has 1 aliphatic heterocycles. The zero-order chi connectivity index (χ0) is 17.7. The number of nitrogens with two attached hydrogens (primary N) is 1. The van der Waals surface area contributed by atoms with Crippen LogP contribution in [0.2, 0.25) is 0 Å². The van der Waals surface area contributed by atoms with Gasteiger partial charge in [-0.2, -0.15) is 0 Å². The van der Waals surface area contributed by atoms with Crippen molar-refractivity contribution in [2.75, 3.05) is 33.9 Å². The number of likely N-dealkylation sites (tertiary alicyclic amines) is 1. The van der Waals surface area contributed by atoms with Gasteiger partial charge in [0.15, 0.2) is 18.1 Å². The van der Waals surface area contributed by atoms with Gasteiger partial charge < -0.3 is 25.4 Å². The van der Waals surface area contributed by atoms with Crippen molar-refractivity contribution >= 4 is 11.8 Å². The lowest BCUT2D eigenvalue weighted by Crippen LogP contribution is -2.34. The highest BCUT2D eigenvalue weighted by Crippen LogP contribution is 2.30. The van der Waals surface area contributed by atoms with Gasteiger partial charge in [-0.05, 0) is 44.0 Å². The van der Waals surface area contributed by atoms with Crippen molar-refractivity contribution in [1.29, 1.82) is 0 Å². The van der Waals surface area contributed by atoms with Gasteiger partial charge in [-0.3, -0.25) is 9.59 Å². The van der Waals surface area contributed by atoms with Gasteiger partial charge in [-0.1, -0.05) is 0 Å². The minimum absolute atomic E-state index is 0.0467. The second-order valence-electron chi connectivity index (χ2n) is 5.97. The quantitative estimate of drug-likeness (QED) is 0.795. The molecule has 7 heteroatoms. The SMILES string of the molecule is CNC(=O)COc1ccc(C(=O)N2CC(CN)CC2C)cc1OC. The van der Waals surface area contributed by atoms with Crippen LogP contribution in [0.3, 0.4) is 0 Å². The van der Waals surface area contributed by atoms with Crippen molar-refractivity contribution < 1.29 is 19.1 Å². The fourth-order valence-electron chi connectivity index (χ4n) is 2.90. The number of amides is 2. The van der Waals surface area contributed by atoms with Gasteiger partial charge >= 0.3 is 0 Å². The average Bonchev–Trinajstić information content (AvgIpc) is 2.99. The first-order chi connectivity index (χ1) is 11.5.